The molecule has 0 radical (unpaired) electrons. The standard InChI is InChI=1S/C12H16O4/c13-5-9-3-1-2-4-10(6-14)12(8-16)11(9)7-15/h1-4,13-16H,5-8H2/b2-1-,3-1?,4-2?,9-3-,10-4-,11-9?,12-10?,12-11-. The molecule has 1 aliphatic carbocycles. The van der Waals surface area contributed by atoms with Crippen LogP contribution in [-0.2, 0) is 0 Å². The van der Waals surface area contributed by atoms with E-state index in [1.807, 2.05) is 0 Å². The molecule has 4 nitrogen and oxygen atoms in total. The van der Waals surface area contributed by atoms with Gasteiger partial charge in [0.05, 0.1) is 26.4 Å². The summed E-state index contributed by atoms with van der Waals surface area (Å²) in [5, 5.41) is 36.9. The van der Waals surface area contributed by atoms with Crippen LogP contribution in [0.4, 0.5) is 0 Å². The molecule has 0 spiro atoms. The van der Waals surface area contributed by atoms with Crippen LogP contribution in [0.5, 0.6) is 0 Å². The summed E-state index contributed by atoms with van der Waals surface area (Å²) in [6.45, 7) is -1.01. The minimum Gasteiger partial charge on any atom is -0.392 e. The second-order valence-electron chi connectivity index (χ2n) is 3.36. The van der Waals surface area contributed by atoms with Crippen LogP contribution in [0.1, 0.15) is 0 Å². The van der Waals surface area contributed by atoms with Crippen molar-refractivity contribution in [2.75, 3.05) is 26.4 Å². The Morgan fingerprint density at radius 2 is 1.00 bits per heavy atom. The highest BCUT2D eigenvalue weighted by molar-refractivity contribution is 5.49. The second kappa shape index (κ2) is 6.40. The van der Waals surface area contributed by atoms with Gasteiger partial charge in [0.1, 0.15) is 0 Å². The average Bonchev–Trinajstić information content (AvgIpc) is 2.30. The van der Waals surface area contributed by atoms with Gasteiger partial charge in [-0.05, 0) is 22.3 Å². The first kappa shape index (κ1) is 12.9. The zero-order chi connectivity index (χ0) is 12.0. The van der Waals surface area contributed by atoms with Crippen molar-refractivity contribution in [2.45, 2.75) is 0 Å². The molecule has 16 heavy (non-hydrogen) atoms. The van der Waals surface area contributed by atoms with E-state index in [2.05, 4.69) is 0 Å². The Morgan fingerprint density at radius 3 is 1.25 bits per heavy atom. The lowest BCUT2D eigenvalue weighted by atomic mass is 9.94. The lowest BCUT2D eigenvalue weighted by Gasteiger charge is -2.16. The van der Waals surface area contributed by atoms with Gasteiger partial charge in [0, 0.05) is 0 Å². The van der Waals surface area contributed by atoms with Crippen LogP contribution in [0.2, 0.25) is 0 Å². The summed E-state index contributed by atoms with van der Waals surface area (Å²) in [5.41, 5.74) is 2.02. The molecule has 0 bridgehead atoms. The van der Waals surface area contributed by atoms with Gasteiger partial charge in [0.2, 0.25) is 0 Å². The van der Waals surface area contributed by atoms with Crippen LogP contribution < -0.4 is 0 Å². The van der Waals surface area contributed by atoms with Gasteiger partial charge < -0.3 is 20.4 Å². The van der Waals surface area contributed by atoms with Crippen LogP contribution in [0.3, 0.4) is 0 Å². The maximum absolute atomic E-state index is 9.27. The molecular weight excluding hydrogens is 208 g/mol. The van der Waals surface area contributed by atoms with Crippen molar-refractivity contribution in [1.82, 2.24) is 0 Å². The minimum absolute atomic E-state index is 0.220. The quantitative estimate of drug-likeness (QED) is 0.527. The van der Waals surface area contributed by atoms with Gasteiger partial charge in [-0.15, -0.1) is 0 Å². The van der Waals surface area contributed by atoms with Gasteiger partial charge in [-0.1, -0.05) is 24.3 Å². The fraction of sp³-hybridized carbons (Fsp3) is 0.333. The Morgan fingerprint density at radius 1 is 0.625 bits per heavy atom. The highest BCUT2D eigenvalue weighted by Crippen LogP contribution is 2.22. The van der Waals surface area contributed by atoms with Gasteiger partial charge in [-0.2, -0.15) is 0 Å². The number of rotatable bonds is 4. The van der Waals surface area contributed by atoms with Crippen molar-refractivity contribution in [3.05, 3.63) is 46.6 Å². The predicted octanol–water partition coefficient (Wildman–Crippen LogP) is -0.325. The lowest BCUT2D eigenvalue weighted by molar-refractivity contribution is 0.294. The largest absolute Gasteiger partial charge is 0.392 e. The number of hydrogen-bond acceptors (Lipinski definition) is 4. The van der Waals surface area contributed by atoms with Gasteiger partial charge in [0.15, 0.2) is 0 Å². The molecule has 1 rings (SSSR count). The predicted molar refractivity (Wildman–Crippen MR) is 60.7 cm³/mol. The first-order valence-electron chi connectivity index (χ1n) is 5.01. The van der Waals surface area contributed by atoms with E-state index in [-0.39, 0.29) is 26.4 Å². The molecule has 88 valence electrons. The highest BCUT2D eigenvalue weighted by Gasteiger charge is 2.13. The molecule has 4 heteroatoms. The Labute approximate surface area is 94.2 Å². The molecule has 0 saturated heterocycles. The van der Waals surface area contributed by atoms with Crippen molar-refractivity contribution in [3.8, 4) is 0 Å². The summed E-state index contributed by atoms with van der Waals surface area (Å²) in [7, 11) is 0. The minimum atomic E-state index is -0.284. The number of hydrogen-bond donors (Lipinski definition) is 4. The van der Waals surface area contributed by atoms with Crippen molar-refractivity contribution >= 4 is 0 Å². The summed E-state index contributed by atoms with van der Waals surface area (Å²) < 4.78 is 0. The van der Waals surface area contributed by atoms with Crippen LogP contribution in [0.15, 0.2) is 46.6 Å². The van der Waals surface area contributed by atoms with Gasteiger partial charge >= 0.3 is 0 Å². The maximum atomic E-state index is 9.27. The van der Waals surface area contributed by atoms with Crippen LogP contribution in [0.25, 0.3) is 0 Å². The average molecular weight is 224 g/mol. The molecule has 1 aliphatic rings. The number of aliphatic hydroxyl groups is 4. The van der Waals surface area contributed by atoms with E-state index in [0.717, 1.165) is 0 Å². The lowest BCUT2D eigenvalue weighted by Crippen LogP contribution is -2.11. The van der Waals surface area contributed by atoms with E-state index < -0.39 is 0 Å². The molecule has 0 aliphatic heterocycles. The molecule has 0 amide bonds. The number of allylic oxidation sites excluding steroid dienone is 4. The van der Waals surface area contributed by atoms with Crippen LogP contribution in [0, 0.1) is 0 Å². The first-order valence-corrected chi connectivity index (χ1v) is 5.01. The summed E-state index contributed by atoms with van der Waals surface area (Å²) in [4.78, 5) is 0. The van der Waals surface area contributed by atoms with Gasteiger partial charge in [-0.3, -0.25) is 0 Å². The molecule has 0 unspecified atom stereocenters. The van der Waals surface area contributed by atoms with Crippen LogP contribution in [-0.4, -0.2) is 46.9 Å². The Kier molecular flexibility index (Phi) is 5.14. The molecule has 0 atom stereocenters. The Hall–Kier alpha value is -1.20. The van der Waals surface area contributed by atoms with Crippen molar-refractivity contribution in [3.63, 3.8) is 0 Å². The second-order valence-corrected chi connectivity index (χ2v) is 3.36. The molecular formula is C12H16O4. The van der Waals surface area contributed by atoms with Gasteiger partial charge in [0.25, 0.3) is 0 Å². The van der Waals surface area contributed by atoms with E-state index in [0.29, 0.717) is 22.3 Å². The molecule has 0 aromatic carbocycles. The highest BCUT2D eigenvalue weighted by atomic mass is 16.3. The van der Waals surface area contributed by atoms with E-state index in [1.54, 1.807) is 24.3 Å². The Bertz CT molecular complexity index is 327. The zero-order valence-corrected chi connectivity index (χ0v) is 8.93. The maximum Gasteiger partial charge on any atom is 0.0689 e. The van der Waals surface area contributed by atoms with Crippen molar-refractivity contribution in [1.29, 1.82) is 0 Å². The summed E-state index contributed by atoms with van der Waals surface area (Å²) in [5.74, 6) is 0. The Balaban J connectivity index is 3.29. The molecule has 4 N–H and O–H groups in total. The topological polar surface area (TPSA) is 80.9 Å². The normalized spacial score (nSPS) is 29.8. The summed E-state index contributed by atoms with van der Waals surface area (Å²) >= 11 is 0. The third-order valence-corrected chi connectivity index (χ3v) is 2.50. The SMILES string of the molecule is OCC1=C(CO)/C(CO)=C\C=C/C=C\1CO. The van der Waals surface area contributed by atoms with Crippen molar-refractivity contribution in [2.24, 2.45) is 0 Å². The molecule has 0 aromatic rings. The summed E-state index contributed by atoms with van der Waals surface area (Å²) in [6, 6.07) is 0. The van der Waals surface area contributed by atoms with Crippen LogP contribution >= 0.6 is 0 Å². The first-order chi connectivity index (χ1) is 7.78. The summed E-state index contributed by atoms with van der Waals surface area (Å²) in [6.07, 6.45) is 6.77. The van der Waals surface area contributed by atoms with E-state index >= 15 is 0 Å². The third-order valence-electron chi connectivity index (χ3n) is 2.50. The van der Waals surface area contributed by atoms with Gasteiger partial charge in [-0.25, -0.2) is 0 Å². The van der Waals surface area contributed by atoms with Crippen molar-refractivity contribution < 1.29 is 20.4 Å². The molecule has 0 heterocycles. The number of aliphatic hydroxyl groups excluding tert-OH is 4. The smallest absolute Gasteiger partial charge is 0.0689 e. The zero-order valence-electron chi connectivity index (χ0n) is 8.93. The fourth-order valence-electron chi connectivity index (χ4n) is 1.62. The fourth-order valence-corrected chi connectivity index (χ4v) is 1.62. The van der Waals surface area contributed by atoms with E-state index in [4.69, 9.17) is 0 Å². The molecule has 0 saturated carbocycles. The van der Waals surface area contributed by atoms with E-state index in [9.17, 15) is 20.4 Å². The van der Waals surface area contributed by atoms with E-state index in [1.165, 1.54) is 0 Å². The third kappa shape index (κ3) is 2.68. The monoisotopic (exact) mass is 224 g/mol. The molecule has 0 fully saturated rings. The molecule has 0 aromatic heterocycles.